The van der Waals surface area contributed by atoms with Gasteiger partial charge in [0, 0.05) is 18.7 Å². The molecule has 0 aliphatic carbocycles. The van der Waals surface area contributed by atoms with Crippen molar-refractivity contribution in [2.24, 2.45) is 0 Å². The Kier molecular flexibility index (Phi) is 5.15. The molecule has 0 spiro atoms. The Morgan fingerprint density at radius 1 is 1.27 bits per heavy atom. The maximum atomic E-state index is 5.72. The average Bonchev–Trinajstić information content (AvgIpc) is 2.20. The lowest BCUT2D eigenvalue weighted by Gasteiger charge is -2.13. The minimum absolute atomic E-state index is 0.730. The summed E-state index contributed by atoms with van der Waals surface area (Å²) >= 11 is 0. The number of nitrogens with one attached hydrogen (secondary N) is 1. The van der Waals surface area contributed by atoms with Gasteiger partial charge in [0.2, 0.25) is 0 Å². The summed E-state index contributed by atoms with van der Waals surface area (Å²) in [5.41, 5.74) is 1.21. The van der Waals surface area contributed by atoms with Gasteiger partial charge in [-0.1, -0.05) is 18.2 Å². The molecular formula is C12H20N2O. The van der Waals surface area contributed by atoms with Crippen molar-refractivity contribution in [3.05, 3.63) is 29.8 Å². The summed E-state index contributed by atoms with van der Waals surface area (Å²) in [6.07, 6.45) is 0. The van der Waals surface area contributed by atoms with Gasteiger partial charge in [0.25, 0.3) is 0 Å². The van der Waals surface area contributed by atoms with Crippen LogP contribution >= 0.6 is 0 Å². The second-order valence-corrected chi connectivity index (χ2v) is 3.79. The fourth-order valence-corrected chi connectivity index (χ4v) is 1.32. The van der Waals surface area contributed by atoms with Gasteiger partial charge >= 0.3 is 0 Å². The molecule has 0 aliphatic heterocycles. The number of likely N-dealkylation sites (N-methyl/N-ethyl adjacent to an activating group) is 1. The second kappa shape index (κ2) is 6.43. The highest BCUT2D eigenvalue weighted by Crippen LogP contribution is 2.17. The summed E-state index contributed by atoms with van der Waals surface area (Å²) in [5.74, 6) is 0.980. The zero-order valence-corrected chi connectivity index (χ0v) is 9.79. The molecule has 0 radical (unpaired) electrons. The third kappa shape index (κ3) is 4.32. The molecule has 15 heavy (non-hydrogen) atoms. The van der Waals surface area contributed by atoms with E-state index in [4.69, 9.17) is 4.74 Å². The molecule has 84 valence electrons. The van der Waals surface area contributed by atoms with E-state index in [0.29, 0.717) is 0 Å². The molecule has 1 rings (SSSR count). The molecule has 0 aliphatic rings. The summed E-state index contributed by atoms with van der Waals surface area (Å²) in [6, 6.07) is 8.14. The molecule has 1 N–H and O–H groups in total. The maximum absolute atomic E-state index is 5.72. The standard InChI is InChI=1S/C12H20N2O/c1-13-10-11-6-4-5-7-12(11)15-9-8-14(2)3/h4-7,13H,8-10H2,1-3H3. The van der Waals surface area contributed by atoms with Gasteiger partial charge < -0.3 is 15.0 Å². The van der Waals surface area contributed by atoms with Gasteiger partial charge in [0.1, 0.15) is 12.4 Å². The van der Waals surface area contributed by atoms with Crippen molar-refractivity contribution in [1.82, 2.24) is 10.2 Å². The van der Waals surface area contributed by atoms with Crippen molar-refractivity contribution >= 4 is 0 Å². The van der Waals surface area contributed by atoms with Crippen molar-refractivity contribution in [2.45, 2.75) is 6.54 Å². The number of hydrogen-bond donors (Lipinski definition) is 1. The molecule has 0 saturated carbocycles. The van der Waals surface area contributed by atoms with Crippen LogP contribution in [0.4, 0.5) is 0 Å². The molecule has 3 heteroatoms. The molecule has 0 bridgehead atoms. The molecule has 0 aromatic heterocycles. The van der Waals surface area contributed by atoms with E-state index in [0.717, 1.165) is 25.4 Å². The van der Waals surface area contributed by atoms with E-state index in [1.54, 1.807) is 0 Å². The van der Waals surface area contributed by atoms with Gasteiger partial charge in [-0.2, -0.15) is 0 Å². The minimum atomic E-state index is 0.730. The van der Waals surface area contributed by atoms with Crippen molar-refractivity contribution in [2.75, 3.05) is 34.3 Å². The van der Waals surface area contributed by atoms with Crippen LogP contribution in [-0.4, -0.2) is 39.2 Å². The van der Waals surface area contributed by atoms with E-state index in [2.05, 4.69) is 16.3 Å². The van der Waals surface area contributed by atoms with E-state index in [-0.39, 0.29) is 0 Å². The molecule has 0 atom stereocenters. The summed E-state index contributed by atoms with van der Waals surface area (Å²) in [5, 5.41) is 3.13. The van der Waals surface area contributed by atoms with Crippen molar-refractivity contribution in [1.29, 1.82) is 0 Å². The summed E-state index contributed by atoms with van der Waals surface area (Å²) < 4.78 is 5.72. The highest BCUT2D eigenvalue weighted by Gasteiger charge is 2.01. The highest BCUT2D eigenvalue weighted by molar-refractivity contribution is 5.33. The van der Waals surface area contributed by atoms with Gasteiger partial charge in [-0.25, -0.2) is 0 Å². The van der Waals surface area contributed by atoms with Gasteiger partial charge in [0.05, 0.1) is 0 Å². The van der Waals surface area contributed by atoms with Crippen LogP contribution in [0.3, 0.4) is 0 Å². The van der Waals surface area contributed by atoms with E-state index in [1.165, 1.54) is 5.56 Å². The maximum Gasteiger partial charge on any atom is 0.123 e. The summed E-state index contributed by atoms with van der Waals surface area (Å²) in [7, 11) is 6.03. The topological polar surface area (TPSA) is 24.5 Å². The van der Waals surface area contributed by atoms with Crippen LogP contribution in [0.5, 0.6) is 5.75 Å². The lowest BCUT2D eigenvalue weighted by Crippen LogP contribution is -2.20. The molecular weight excluding hydrogens is 188 g/mol. The molecule has 1 aromatic carbocycles. The van der Waals surface area contributed by atoms with E-state index < -0.39 is 0 Å². The number of ether oxygens (including phenoxy) is 1. The van der Waals surface area contributed by atoms with E-state index >= 15 is 0 Å². The van der Waals surface area contributed by atoms with Crippen LogP contribution in [0.2, 0.25) is 0 Å². The van der Waals surface area contributed by atoms with Crippen LogP contribution in [0.25, 0.3) is 0 Å². The third-order valence-corrected chi connectivity index (χ3v) is 2.14. The van der Waals surface area contributed by atoms with Gasteiger partial charge in [-0.05, 0) is 27.2 Å². The average molecular weight is 208 g/mol. The Hall–Kier alpha value is -1.06. The van der Waals surface area contributed by atoms with Crippen LogP contribution in [0, 0.1) is 0 Å². The zero-order chi connectivity index (χ0) is 11.1. The van der Waals surface area contributed by atoms with Crippen LogP contribution in [-0.2, 0) is 6.54 Å². The first-order valence-corrected chi connectivity index (χ1v) is 5.24. The molecule has 0 unspecified atom stereocenters. The second-order valence-electron chi connectivity index (χ2n) is 3.79. The monoisotopic (exact) mass is 208 g/mol. The van der Waals surface area contributed by atoms with Crippen molar-refractivity contribution < 1.29 is 4.74 Å². The van der Waals surface area contributed by atoms with Crippen LogP contribution in [0.1, 0.15) is 5.56 Å². The third-order valence-electron chi connectivity index (χ3n) is 2.14. The Balaban J connectivity index is 2.51. The zero-order valence-electron chi connectivity index (χ0n) is 9.79. The van der Waals surface area contributed by atoms with E-state index in [1.807, 2.05) is 39.3 Å². The number of nitrogens with zero attached hydrogens (tertiary/aromatic N) is 1. The number of hydrogen-bond acceptors (Lipinski definition) is 3. The molecule has 0 saturated heterocycles. The molecule has 0 heterocycles. The fourth-order valence-electron chi connectivity index (χ4n) is 1.32. The Labute approximate surface area is 92.0 Å². The first-order chi connectivity index (χ1) is 7.24. The Bertz CT molecular complexity index is 287. The van der Waals surface area contributed by atoms with Gasteiger partial charge in [0.15, 0.2) is 0 Å². The van der Waals surface area contributed by atoms with E-state index in [9.17, 15) is 0 Å². The smallest absolute Gasteiger partial charge is 0.123 e. The van der Waals surface area contributed by atoms with Gasteiger partial charge in [-0.3, -0.25) is 0 Å². The lowest BCUT2D eigenvalue weighted by atomic mass is 10.2. The summed E-state index contributed by atoms with van der Waals surface area (Å²) in [6.45, 7) is 2.51. The Morgan fingerprint density at radius 2 is 2.00 bits per heavy atom. The molecule has 0 fully saturated rings. The fraction of sp³-hybridized carbons (Fsp3) is 0.500. The van der Waals surface area contributed by atoms with Gasteiger partial charge in [-0.15, -0.1) is 0 Å². The predicted molar refractivity (Wildman–Crippen MR) is 63.3 cm³/mol. The van der Waals surface area contributed by atoms with Crippen LogP contribution in [0.15, 0.2) is 24.3 Å². The summed E-state index contributed by atoms with van der Waals surface area (Å²) in [4.78, 5) is 2.11. The van der Waals surface area contributed by atoms with Crippen molar-refractivity contribution in [3.63, 3.8) is 0 Å². The highest BCUT2D eigenvalue weighted by atomic mass is 16.5. The van der Waals surface area contributed by atoms with Crippen LogP contribution < -0.4 is 10.1 Å². The predicted octanol–water partition coefficient (Wildman–Crippen LogP) is 1.35. The number of rotatable bonds is 6. The molecule has 1 aromatic rings. The van der Waals surface area contributed by atoms with Crippen molar-refractivity contribution in [3.8, 4) is 5.75 Å². The quantitative estimate of drug-likeness (QED) is 0.763. The largest absolute Gasteiger partial charge is 0.492 e. The SMILES string of the molecule is CNCc1ccccc1OCCN(C)C. The normalized spacial score (nSPS) is 10.7. The number of benzene rings is 1. The first-order valence-electron chi connectivity index (χ1n) is 5.24. The minimum Gasteiger partial charge on any atom is -0.492 e. The first kappa shape index (κ1) is 12.0. The number of para-hydroxylation sites is 1. The lowest BCUT2D eigenvalue weighted by molar-refractivity contribution is 0.259. The molecule has 3 nitrogen and oxygen atoms in total. The Morgan fingerprint density at radius 3 is 2.67 bits per heavy atom. The molecule has 0 amide bonds.